The van der Waals surface area contributed by atoms with E-state index in [-0.39, 0.29) is 11.6 Å². The molecule has 2 aromatic heterocycles. The van der Waals surface area contributed by atoms with E-state index in [4.69, 9.17) is 4.42 Å². The van der Waals surface area contributed by atoms with Crippen LogP contribution in [0.25, 0.3) is 39.5 Å². The number of aromatic nitrogens is 1. The Hall–Kier alpha value is -6.02. The largest absolute Gasteiger partial charge is 0.455 e. The van der Waals surface area contributed by atoms with Crippen molar-refractivity contribution in [2.45, 2.75) is 6.92 Å². The van der Waals surface area contributed by atoms with Gasteiger partial charge in [0.05, 0.1) is 22.5 Å². The van der Waals surface area contributed by atoms with E-state index in [0.717, 1.165) is 33.8 Å². The number of furan rings is 1. The van der Waals surface area contributed by atoms with Gasteiger partial charge in [-0.05, 0) is 72.1 Å². The summed E-state index contributed by atoms with van der Waals surface area (Å²) in [5.74, 6) is 0.494. The average molecular weight is 567 g/mol. The Kier molecular flexibility index (Phi) is 7.48. The molecule has 43 heavy (non-hydrogen) atoms. The Morgan fingerprint density at radius 3 is 2.05 bits per heavy atom. The summed E-state index contributed by atoms with van der Waals surface area (Å²) in [5, 5.41) is 15.2. The minimum absolute atomic E-state index is 0.0187. The van der Waals surface area contributed by atoms with Gasteiger partial charge in [-0.1, -0.05) is 66.7 Å². The fourth-order valence-corrected chi connectivity index (χ4v) is 4.92. The Labute approximate surface area is 247 Å². The molecule has 0 saturated carbocycles. The molecule has 1 N–H and O–H groups in total. The smallest absolute Gasteiger partial charge is 0.271 e. The molecule has 4 aromatic carbocycles. The van der Waals surface area contributed by atoms with E-state index in [2.05, 4.69) is 51.5 Å². The highest BCUT2D eigenvalue weighted by Crippen LogP contribution is 2.33. The molecule has 0 saturated heterocycles. The summed E-state index contributed by atoms with van der Waals surface area (Å²) >= 11 is 0. The van der Waals surface area contributed by atoms with Gasteiger partial charge in [0.15, 0.2) is 0 Å². The number of carbonyl (C=O) groups is 1. The summed E-state index contributed by atoms with van der Waals surface area (Å²) in [6.07, 6.45) is 1.39. The van der Waals surface area contributed by atoms with Crippen molar-refractivity contribution in [2.24, 2.45) is 5.10 Å². The number of hydrogen-bond acceptors (Lipinski definition) is 5. The normalized spacial score (nSPS) is 11.1. The third-order valence-electron chi connectivity index (χ3n) is 7.09. The van der Waals surface area contributed by atoms with Crippen molar-refractivity contribution in [3.8, 4) is 39.5 Å². The fourth-order valence-electron chi connectivity index (χ4n) is 4.92. The highest BCUT2D eigenvalue weighted by atomic mass is 16.6. The number of aryl methyl sites for hydroxylation is 1. The van der Waals surface area contributed by atoms with Crippen LogP contribution in [0, 0.1) is 17.0 Å². The minimum atomic E-state index is -0.445. The van der Waals surface area contributed by atoms with Crippen LogP contribution in [-0.2, 0) is 0 Å². The SMILES string of the molecule is Cc1ccc([N+](=O)[O-])cc1-c1ccc(/C=N\NC(=O)c2ccc(-n3c(-c4ccccc4)ccc3-c3ccccc3)cc2)o1. The van der Waals surface area contributed by atoms with Crippen molar-refractivity contribution < 1.29 is 14.1 Å². The van der Waals surface area contributed by atoms with Crippen LogP contribution < -0.4 is 5.43 Å². The van der Waals surface area contributed by atoms with Crippen molar-refractivity contribution in [1.82, 2.24) is 9.99 Å². The molecule has 0 aliphatic heterocycles. The molecule has 6 rings (SSSR count). The number of amides is 1. The van der Waals surface area contributed by atoms with Gasteiger partial charge in [-0.3, -0.25) is 14.9 Å². The van der Waals surface area contributed by atoms with E-state index < -0.39 is 4.92 Å². The molecule has 210 valence electrons. The molecule has 8 heteroatoms. The summed E-state index contributed by atoms with van der Waals surface area (Å²) in [6, 6.07) is 39.9. The Morgan fingerprint density at radius 1 is 0.814 bits per heavy atom. The zero-order chi connectivity index (χ0) is 29.8. The number of carbonyl (C=O) groups excluding carboxylic acids is 1. The number of non-ortho nitro benzene ring substituents is 1. The third kappa shape index (κ3) is 5.75. The third-order valence-corrected chi connectivity index (χ3v) is 7.09. The summed E-state index contributed by atoms with van der Waals surface area (Å²) in [7, 11) is 0. The molecule has 0 aliphatic carbocycles. The molecule has 6 aromatic rings. The standard InChI is InChI=1S/C35H26N4O4/c1-24-12-15-29(39(41)42)22-31(24)34-21-18-30(43-34)23-36-37-35(40)27-13-16-28(17-14-27)38-32(25-8-4-2-5-9-25)19-20-33(38)26-10-6-3-7-11-26/h2-23H,1H3,(H,37,40)/b36-23-. The number of nitrogens with zero attached hydrogens (tertiary/aromatic N) is 3. The van der Waals surface area contributed by atoms with Gasteiger partial charge in [0.1, 0.15) is 11.5 Å². The first-order valence-corrected chi connectivity index (χ1v) is 13.6. The number of hydrogen-bond donors (Lipinski definition) is 1. The molecular formula is C35H26N4O4. The quantitative estimate of drug-likeness (QED) is 0.114. The molecule has 0 unspecified atom stereocenters. The second-order valence-corrected chi connectivity index (χ2v) is 9.88. The average Bonchev–Trinajstić information content (AvgIpc) is 3.70. The maximum atomic E-state index is 12.9. The Bertz CT molecular complexity index is 1880. The number of rotatable bonds is 8. The predicted molar refractivity (Wildman–Crippen MR) is 167 cm³/mol. The molecule has 1 amide bonds. The monoisotopic (exact) mass is 566 g/mol. The first-order chi connectivity index (χ1) is 21.0. The van der Waals surface area contributed by atoms with Gasteiger partial charge in [-0.2, -0.15) is 5.10 Å². The molecule has 0 atom stereocenters. The maximum Gasteiger partial charge on any atom is 0.271 e. The van der Waals surface area contributed by atoms with Gasteiger partial charge >= 0.3 is 0 Å². The molecule has 0 radical (unpaired) electrons. The van der Waals surface area contributed by atoms with Crippen LogP contribution in [0.4, 0.5) is 5.69 Å². The summed E-state index contributed by atoms with van der Waals surface area (Å²) in [6.45, 7) is 1.85. The molecule has 0 bridgehead atoms. The maximum absolute atomic E-state index is 12.9. The fraction of sp³-hybridized carbons (Fsp3) is 0.0286. The lowest BCUT2D eigenvalue weighted by Gasteiger charge is -2.15. The number of nitro groups is 1. The second kappa shape index (κ2) is 11.8. The van der Waals surface area contributed by atoms with Crippen molar-refractivity contribution >= 4 is 17.8 Å². The first kappa shape index (κ1) is 27.2. The first-order valence-electron chi connectivity index (χ1n) is 13.6. The molecule has 0 spiro atoms. The lowest BCUT2D eigenvalue weighted by Crippen LogP contribution is -2.17. The van der Waals surface area contributed by atoms with Crippen molar-refractivity contribution in [3.63, 3.8) is 0 Å². The van der Waals surface area contributed by atoms with Crippen LogP contribution in [-0.4, -0.2) is 21.6 Å². The molecule has 0 aliphatic rings. The number of nitro benzene ring substituents is 1. The van der Waals surface area contributed by atoms with E-state index in [1.165, 1.54) is 18.3 Å². The van der Waals surface area contributed by atoms with Crippen LogP contribution in [0.2, 0.25) is 0 Å². The van der Waals surface area contributed by atoms with E-state index in [1.807, 2.05) is 55.5 Å². The summed E-state index contributed by atoms with van der Waals surface area (Å²) < 4.78 is 7.98. The van der Waals surface area contributed by atoms with E-state index in [1.54, 1.807) is 30.3 Å². The lowest BCUT2D eigenvalue weighted by atomic mass is 10.1. The van der Waals surface area contributed by atoms with Crippen LogP contribution in [0.15, 0.2) is 137 Å². The second-order valence-electron chi connectivity index (χ2n) is 9.88. The van der Waals surface area contributed by atoms with E-state index >= 15 is 0 Å². The van der Waals surface area contributed by atoms with Crippen LogP contribution >= 0.6 is 0 Å². The molecular weight excluding hydrogens is 540 g/mol. The van der Waals surface area contributed by atoms with Crippen molar-refractivity contribution in [2.75, 3.05) is 0 Å². The summed E-state index contributed by atoms with van der Waals surface area (Å²) in [4.78, 5) is 23.6. The van der Waals surface area contributed by atoms with Crippen LogP contribution in [0.5, 0.6) is 0 Å². The van der Waals surface area contributed by atoms with Crippen LogP contribution in [0.3, 0.4) is 0 Å². The molecule has 0 fully saturated rings. The molecule has 2 heterocycles. The van der Waals surface area contributed by atoms with Crippen LogP contribution in [0.1, 0.15) is 21.7 Å². The van der Waals surface area contributed by atoms with Gasteiger partial charge < -0.3 is 8.98 Å². The van der Waals surface area contributed by atoms with Gasteiger partial charge in [-0.25, -0.2) is 5.43 Å². The lowest BCUT2D eigenvalue weighted by molar-refractivity contribution is -0.384. The highest BCUT2D eigenvalue weighted by Gasteiger charge is 2.15. The molecule has 8 nitrogen and oxygen atoms in total. The predicted octanol–water partition coefficient (Wildman–Crippen LogP) is 8.05. The Morgan fingerprint density at radius 2 is 1.44 bits per heavy atom. The topological polar surface area (TPSA) is 103 Å². The minimum Gasteiger partial charge on any atom is -0.455 e. The zero-order valence-electron chi connectivity index (χ0n) is 23.2. The highest BCUT2D eigenvalue weighted by molar-refractivity contribution is 5.95. The number of benzene rings is 4. The van der Waals surface area contributed by atoms with E-state index in [9.17, 15) is 14.9 Å². The van der Waals surface area contributed by atoms with Gasteiger partial charge in [0, 0.05) is 28.9 Å². The van der Waals surface area contributed by atoms with Crippen molar-refractivity contribution in [3.05, 3.63) is 154 Å². The van der Waals surface area contributed by atoms with E-state index in [0.29, 0.717) is 22.6 Å². The van der Waals surface area contributed by atoms with Gasteiger partial charge in [0.25, 0.3) is 11.6 Å². The number of hydrazone groups is 1. The zero-order valence-corrected chi connectivity index (χ0v) is 23.2. The van der Waals surface area contributed by atoms with Crippen molar-refractivity contribution in [1.29, 1.82) is 0 Å². The van der Waals surface area contributed by atoms with Gasteiger partial charge in [-0.15, -0.1) is 0 Å². The summed E-state index contributed by atoms with van der Waals surface area (Å²) in [5.41, 5.74) is 9.59. The number of nitrogens with one attached hydrogen (secondary N) is 1. The Balaban J connectivity index is 1.20. The van der Waals surface area contributed by atoms with Gasteiger partial charge in [0.2, 0.25) is 0 Å².